The molecule has 0 aromatic heterocycles. The molecule has 0 unspecified atom stereocenters. The van der Waals surface area contributed by atoms with Crippen LogP contribution < -0.4 is 0 Å². The number of ketones is 1. The van der Waals surface area contributed by atoms with Crippen LogP contribution in [-0.4, -0.2) is 5.78 Å². The normalized spacial score (nSPS) is 10.5. The second-order valence-corrected chi connectivity index (χ2v) is 4.89. The van der Waals surface area contributed by atoms with Crippen molar-refractivity contribution in [3.05, 3.63) is 34.9 Å². The van der Waals surface area contributed by atoms with Crippen molar-refractivity contribution in [3.63, 3.8) is 0 Å². The maximum Gasteiger partial charge on any atom is 0.162 e. The highest BCUT2D eigenvalue weighted by atomic mass is 35.5. The molecule has 0 amide bonds. The third kappa shape index (κ3) is 5.88. The minimum Gasteiger partial charge on any atom is -0.294 e. The van der Waals surface area contributed by atoms with E-state index in [9.17, 15) is 4.79 Å². The Labute approximate surface area is 109 Å². The molecule has 0 bridgehead atoms. The van der Waals surface area contributed by atoms with Crippen LogP contribution in [-0.2, 0) is 0 Å². The fourth-order valence-corrected chi connectivity index (χ4v) is 2.06. The first-order valence-electron chi connectivity index (χ1n) is 6.53. The summed E-state index contributed by atoms with van der Waals surface area (Å²) in [6.07, 6.45) is 7.91. The Bertz CT molecular complexity index is 347. The molecule has 0 aliphatic rings. The largest absolute Gasteiger partial charge is 0.294 e. The predicted octanol–water partition coefficient (Wildman–Crippen LogP) is 5.27. The van der Waals surface area contributed by atoms with E-state index < -0.39 is 0 Å². The number of carbonyl (C=O) groups is 1. The molecule has 0 atom stereocenters. The SMILES string of the molecule is CCCCCCCCC(=O)c1cccc(Cl)c1. The first-order chi connectivity index (χ1) is 8.24. The van der Waals surface area contributed by atoms with Crippen molar-refractivity contribution in [3.8, 4) is 0 Å². The number of benzene rings is 1. The molecule has 0 fully saturated rings. The Morgan fingerprint density at radius 2 is 1.82 bits per heavy atom. The third-order valence-electron chi connectivity index (χ3n) is 2.90. The van der Waals surface area contributed by atoms with Crippen molar-refractivity contribution in [2.24, 2.45) is 0 Å². The smallest absolute Gasteiger partial charge is 0.162 e. The molecule has 2 heteroatoms. The van der Waals surface area contributed by atoms with E-state index in [1.54, 1.807) is 12.1 Å². The third-order valence-corrected chi connectivity index (χ3v) is 3.14. The number of carbonyl (C=O) groups excluding carboxylic acids is 1. The fourth-order valence-electron chi connectivity index (χ4n) is 1.87. The summed E-state index contributed by atoms with van der Waals surface area (Å²) in [7, 11) is 0. The van der Waals surface area contributed by atoms with Crippen molar-refractivity contribution >= 4 is 17.4 Å². The number of rotatable bonds is 8. The number of hydrogen-bond donors (Lipinski definition) is 0. The lowest BCUT2D eigenvalue weighted by molar-refractivity contribution is 0.0979. The molecule has 0 heterocycles. The predicted molar refractivity (Wildman–Crippen MR) is 73.8 cm³/mol. The molecular formula is C15H21ClO. The van der Waals surface area contributed by atoms with E-state index in [1.807, 2.05) is 12.1 Å². The van der Waals surface area contributed by atoms with E-state index in [-0.39, 0.29) is 5.78 Å². The van der Waals surface area contributed by atoms with Gasteiger partial charge in [-0.2, -0.15) is 0 Å². The highest BCUT2D eigenvalue weighted by molar-refractivity contribution is 6.31. The van der Waals surface area contributed by atoms with Gasteiger partial charge in [-0.3, -0.25) is 4.79 Å². The number of Topliss-reactive ketones (excluding diaryl/α,β-unsaturated/α-hetero) is 1. The van der Waals surface area contributed by atoms with E-state index in [2.05, 4.69) is 6.92 Å². The van der Waals surface area contributed by atoms with E-state index in [0.29, 0.717) is 11.4 Å². The topological polar surface area (TPSA) is 17.1 Å². The number of hydrogen-bond acceptors (Lipinski definition) is 1. The Morgan fingerprint density at radius 1 is 1.12 bits per heavy atom. The minimum absolute atomic E-state index is 0.211. The molecule has 17 heavy (non-hydrogen) atoms. The van der Waals surface area contributed by atoms with Gasteiger partial charge < -0.3 is 0 Å². The van der Waals surface area contributed by atoms with E-state index in [4.69, 9.17) is 11.6 Å². The standard InChI is InChI=1S/C15H21ClO/c1-2-3-4-5-6-7-11-15(17)13-9-8-10-14(16)12-13/h8-10,12H,2-7,11H2,1H3. The van der Waals surface area contributed by atoms with Crippen LogP contribution in [0.3, 0.4) is 0 Å². The van der Waals surface area contributed by atoms with Gasteiger partial charge in [0.2, 0.25) is 0 Å². The fraction of sp³-hybridized carbons (Fsp3) is 0.533. The minimum atomic E-state index is 0.211. The molecule has 0 saturated heterocycles. The van der Waals surface area contributed by atoms with Gasteiger partial charge in [0.15, 0.2) is 5.78 Å². The van der Waals surface area contributed by atoms with Crippen molar-refractivity contribution in [1.29, 1.82) is 0 Å². The van der Waals surface area contributed by atoms with Gasteiger partial charge in [0.1, 0.15) is 0 Å². The van der Waals surface area contributed by atoms with Crippen LogP contribution in [0.25, 0.3) is 0 Å². The second-order valence-electron chi connectivity index (χ2n) is 4.45. The first kappa shape index (κ1) is 14.2. The zero-order valence-electron chi connectivity index (χ0n) is 10.5. The molecule has 1 nitrogen and oxygen atoms in total. The summed E-state index contributed by atoms with van der Waals surface area (Å²) in [5.41, 5.74) is 0.742. The molecule has 0 radical (unpaired) electrons. The molecule has 0 aliphatic carbocycles. The van der Waals surface area contributed by atoms with Gasteiger partial charge in [0, 0.05) is 17.0 Å². The molecule has 1 aromatic carbocycles. The Morgan fingerprint density at radius 3 is 2.53 bits per heavy atom. The van der Waals surface area contributed by atoms with Crippen molar-refractivity contribution in [1.82, 2.24) is 0 Å². The van der Waals surface area contributed by atoms with Gasteiger partial charge in [-0.1, -0.05) is 62.8 Å². The van der Waals surface area contributed by atoms with Crippen LogP contribution in [0.4, 0.5) is 0 Å². The van der Waals surface area contributed by atoms with Gasteiger partial charge in [-0.05, 0) is 18.6 Å². The zero-order chi connectivity index (χ0) is 12.5. The van der Waals surface area contributed by atoms with Crippen molar-refractivity contribution in [2.75, 3.05) is 0 Å². The molecular weight excluding hydrogens is 232 g/mol. The summed E-state index contributed by atoms with van der Waals surface area (Å²) in [5.74, 6) is 0.211. The second kappa shape index (κ2) is 8.30. The lowest BCUT2D eigenvalue weighted by Crippen LogP contribution is -1.98. The van der Waals surface area contributed by atoms with Gasteiger partial charge in [0.25, 0.3) is 0 Å². The molecule has 0 N–H and O–H groups in total. The Hall–Kier alpha value is -0.820. The van der Waals surface area contributed by atoms with E-state index in [0.717, 1.165) is 18.4 Å². The highest BCUT2D eigenvalue weighted by Crippen LogP contribution is 2.14. The molecule has 0 spiro atoms. The number of halogens is 1. The summed E-state index contributed by atoms with van der Waals surface area (Å²) in [4.78, 5) is 11.8. The van der Waals surface area contributed by atoms with Gasteiger partial charge in [-0.25, -0.2) is 0 Å². The highest BCUT2D eigenvalue weighted by Gasteiger charge is 2.05. The first-order valence-corrected chi connectivity index (χ1v) is 6.90. The summed E-state index contributed by atoms with van der Waals surface area (Å²) in [6.45, 7) is 2.21. The molecule has 1 aromatic rings. The molecule has 0 saturated carbocycles. The molecule has 1 rings (SSSR count). The molecule has 0 aliphatic heterocycles. The summed E-state index contributed by atoms with van der Waals surface area (Å²) >= 11 is 5.86. The lowest BCUT2D eigenvalue weighted by Gasteiger charge is -2.02. The summed E-state index contributed by atoms with van der Waals surface area (Å²) in [6, 6.07) is 7.21. The van der Waals surface area contributed by atoms with Gasteiger partial charge in [0.05, 0.1) is 0 Å². The summed E-state index contributed by atoms with van der Waals surface area (Å²) < 4.78 is 0. The molecule has 94 valence electrons. The van der Waals surface area contributed by atoms with Crippen LogP contribution >= 0.6 is 11.6 Å². The summed E-state index contributed by atoms with van der Waals surface area (Å²) in [5, 5.41) is 0.638. The average molecular weight is 253 g/mol. The lowest BCUT2D eigenvalue weighted by atomic mass is 10.0. The van der Waals surface area contributed by atoms with Crippen LogP contribution in [0.2, 0.25) is 5.02 Å². The van der Waals surface area contributed by atoms with Crippen molar-refractivity contribution in [2.45, 2.75) is 51.9 Å². The maximum atomic E-state index is 11.8. The maximum absolute atomic E-state index is 11.8. The Balaban J connectivity index is 2.21. The zero-order valence-corrected chi connectivity index (χ0v) is 11.3. The van der Waals surface area contributed by atoms with Gasteiger partial charge >= 0.3 is 0 Å². The number of unbranched alkanes of at least 4 members (excludes halogenated alkanes) is 5. The Kier molecular flexibility index (Phi) is 6.95. The van der Waals surface area contributed by atoms with Crippen LogP contribution in [0.5, 0.6) is 0 Å². The van der Waals surface area contributed by atoms with Crippen molar-refractivity contribution < 1.29 is 4.79 Å². The van der Waals surface area contributed by atoms with E-state index >= 15 is 0 Å². The van der Waals surface area contributed by atoms with E-state index in [1.165, 1.54) is 25.7 Å². The van der Waals surface area contributed by atoms with Crippen LogP contribution in [0.1, 0.15) is 62.2 Å². The van der Waals surface area contributed by atoms with Crippen LogP contribution in [0.15, 0.2) is 24.3 Å². The van der Waals surface area contributed by atoms with Crippen LogP contribution in [0, 0.1) is 0 Å². The quantitative estimate of drug-likeness (QED) is 0.455. The monoisotopic (exact) mass is 252 g/mol. The van der Waals surface area contributed by atoms with Gasteiger partial charge in [-0.15, -0.1) is 0 Å². The average Bonchev–Trinajstić information content (AvgIpc) is 2.33.